The molecule has 0 saturated carbocycles. The van der Waals surface area contributed by atoms with E-state index in [0.29, 0.717) is 19.1 Å². The van der Waals surface area contributed by atoms with E-state index < -0.39 is 0 Å². The Balaban J connectivity index is 1.22. The number of amides is 1. The Bertz CT molecular complexity index is 817. The Hall–Kier alpha value is -1.96. The summed E-state index contributed by atoms with van der Waals surface area (Å²) < 4.78 is 5.86. The minimum Gasteiger partial charge on any atom is -0.486 e. The van der Waals surface area contributed by atoms with E-state index in [9.17, 15) is 4.79 Å². The van der Waals surface area contributed by atoms with Crippen LogP contribution in [0.3, 0.4) is 0 Å². The highest BCUT2D eigenvalue weighted by molar-refractivity contribution is 7.09. The molecule has 2 saturated heterocycles. The van der Waals surface area contributed by atoms with Crippen LogP contribution in [0.15, 0.2) is 29.6 Å². The Morgan fingerprint density at radius 1 is 1.00 bits per heavy atom. The second-order valence-corrected chi connectivity index (χ2v) is 9.27. The zero-order valence-corrected chi connectivity index (χ0v) is 18.7. The molecule has 0 unspecified atom stereocenters. The quantitative estimate of drug-likeness (QED) is 0.678. The van der Waals surface area contributed by atoms with Crippen LogP contribution in [-0.2, 0) is 17.9 Å². The molecule has 2 fully saturated rings. The molecule has 1 aromatic carbocycles. The smallest absolute Gasteiger partial charge is 0.236 e. The molecule has 2 aliphatic rings. The lowest BCUT2D eigenvalue weighted by atomic mass is 10.2. The lowest BCUT2D eigenvalue weighted by Gasteiger charge is -2.23. The van der Waals surface area contributed by atoms with E-state index >= 15 is 0 Å². The van der Waals surface area contributed by atoms with Crippen molar-refractivity contribution >= 4 is 17.2 Å². The van der Waals surface area contributed by atoms with Crippen LogP contribution >= 0.6 is 11.3 Å². The molecule has 7 heteroatoms. The van der Waals surface area contributed by atoms with Crippen LogP contribution in [0.4, 0.5) is 0 Å². The molecule has 4 rings (SSSR count). The third-order valence-corrected chi connectivity index (χ3v) is 6.74. The number of aryl methyl sites for hydroxylation is 1. The summed E-state index contributed by atoms with van der Waals surface area (Å²) in [6.07, 6.45) is 3.41. The first-order chi connectivity index (χ1) is 14.7. The minimum atomic E-state index is 0.304. The number of hydrogen-bond acceptors (Lipinski definition) is 6. The monoisotopic (exact) mass is 428 g/mol. The maximum Gasteiger partial charge on any atom is 0.236 e. The van der Waals surface area contributed by atoms with Gasteiger partial charge in [0.1, 0.15) is 17.4 Å². The van der Waals surface area contributed by atoms with Crippen LogP contribution in [0.2, 0.25) is 0 Å². The molecule has 2 aromatic rings. The normalized spacial score (nSPS) is 18.5. The van der Waals surface area contributed by atoms with Crippen molar-refractivity contribution in [1.82, 2.24) is 19.7 Å². The highest BCUT2D eigenvalue weighted by Gasteiger charge is 2.22. The lowest BCUT2D eigenvalue weighted by molar-refractivity contribution is -0.131. The highest BCUT2D eigenvalue weighted by Crippen LogP contribution is 2.18. The van der Waals surface area contributed by atoms with E-state index in [-0.39, 0.29) is 0 Å². The lowest BCUT2D eigenvalue weighted by Crippen LogP contribution is -2.40. The number of rotatable bonds is 7. The number of carbonyl (C=O) groups is 1. The number of nitrogens with zero attached hydrogens (tertiary/aromatic N) is 4. The van der Waals surface area contributed by atoms with Crippen LogP contribution in [0.1, 0.15) is 35.5 Å². The summed E-state index contributed by atoms with van der Waals surface area (Å²) in [5, 5.41) is 3.16. The molecular formula is C23H32N4O2S. The van der Waals surface area contributed by atoms with Crippen molar-refractivity contribution in [3.05, 3.63) is 45.9 Å². The molecule has 6 nitrogen and oxygen atoms in total. The summed E-state index contributed by atoms with van der Waals surface area (Å²) in [5.41, 5.74) is 2.35. The number of carbonyl (C=O) groups excluding carboxylic acids is 1. The SMILES string of the molecule is Cc1ccc(OCc2nc(CN3CCCN(CC(=O)N4CCCC4)CC3)cs2)cc1. The molecule has 0 bridgehead atoms. The molecule has 0 aliphatic carbocycles. The van der Waals surface area contributed by atoms with E-state index in [4.69, 9.17) is 9.72 Å². The van der Waals surface area contributed by atoms with Crippen molar-refractivity contribution in [2.75, 3.05) is 45.8 Å². The molecule has 162 valence electrons. The van der Waals surface area contributed by atoms with Gasteiger partial charge in [0.2, 0.25) is 5.91 Å². The topological polar surface area (TPSA) is 48.9 Å². The van der Waals surface area contributed by atoms with Gasteiger partial charge < -0.3 is 9.64 Å². The Morgan fingerprint density at radius 3 is 2.53 bits per heavy atom. The number of thiazole rings is 1. The van der Waals surface area contributed by atoms with Gasteiger partial charge in [0.05, 0.1) is 12.2 Å². The highest BCUT2D eigenvalue weighted by atomic mass is 32.1. The fourth-order valence-corrected chi connectivity index (χ4v) is 4.79. The van der Waals surface area contributed by atoms with Crippen LogP contribution < -0.4 is 4.74 Å². The first kappa shape index (κ1) is 21.3. The van der Waals surface area contributed by atoms with Crippen LogP contribution in [0, 0.1) is 6.92 Å². The summed E-state index contributed by atoms with van der Waals surface area (Å²) in [7, 11) is 0. The average molecular weight is 429 g/mol. The van der Waals surface area contributed by atoms with Crippen molar-refractivity contribution < 1.29 is 9.53 Å². The molecule has 1 aromatic heterocycles. The first-order valence-electron chi connectivity index (χ1n) is 11.0. The van der Waals surface area contributed by atoms with Gasteiger partial charge in [0.25, 0.3) is 0 Å². The summed E-state index contributed by atoms with van der Waals surface area (Å²) >= 11 is 1.67. The van der Waals surface area contributed by atoms with E-state index in [2.05, 4.69) is 34.2 Å². The van der Waals surface area contributed by atoms with Crippen molar-refractivity contribution in [2.45, 2.75) is 39.3 Å². The molecule has 1 amide bonds. The van der Waals surface area contributed by atoms with Crippen LogP contribution in [0.25, 0.3) is 0 Å². The van der Waals surface area contributed by atoms with Gasteiger partial charge in [-0.2, -0.15) is 0 Å². The predicted octanol–water partition coefficient (Wildman–Crippen LogP) is 3.16. The van der Waals surface area contributed by atoms with Crippen molar-refractivity contribution in [2.24, 2.45) is 0 Å². The van der Waals surface area contributed by atoms with Crippen molar-refractivity contribution in [1.29, 1.82) is 0 Å². The molecular weight excluding hydrogens is 396 g/mol. The van der Waals surface area contributed by atoms with Crippen LogP contribution in [0.5, 0.6) is 5.75 Å². The fourth-order valence-electron chi connectivity index (χ4n) is 4.09. The maximum atomic E-state index is 12.4. The minimum absolute atomic E-state index is 0.304. The number of benzene rings is 1. The fraction of sp³-hybridized carbons (Fsp3) is 0.565. The third-order valence-electron chi connectivity index (χ3n) is 5.87. The molecule has 0 atom stereocenters. The van der Waals surface area contributed by atoms with Gasteiger partial charge in [-0.15, -0.1) is 11.3 Å². The van der Waals surface area contributed by atoms with Gasteiger partial charge >= 0.3 is 0 Å². The van der Waals surface area contributed by atoms with E-state index in [1.807, 2.05) is 17.0 Å². The third kappa shape index (κ3) is 6.03. The van der Waals surface area contributed by atoms with Gasteiger partial charge in [-0.25, -0.2) is 4.98 Å². The number of aromatic nitrogens is 1. The average Bonchev–Trinajstić information content (AvgIpc) is 3.39. The van der Waals surface area contributed by atoms with E-state index in [0.717, 1.165) is 81.5 Å². The summed E-state index contributed by atoms with van der Waals surface area (Å²) in [6.45, 7) is 9.92. The molecule has 0 spiro atoms. The summed E-state index contributed by atoms with van der Waals surface area (Å²) in [6, 6.07) is 8.12. The Labute approximate surface area is 183 Å². The maximum absolute atomic E-state index is 12.4. The summed E-state index contributed by atoms with van der Waals surface area (Å²) in [5.74, 6) is 1.19. The van der Waals surface area contributed by atoms with E-state index in [1.165, 1.54) is 5.56 Å². The number of hydrogen-bond donors (Lipinski definition) is 0. The largest absolute Gasteiger partial charge is 0.486 e. The molecule has 0 N–H and O–H groups in total. The molecule has 2 aliphatic heterocycles. The number of likely N-dealkylation sites (tertiary alicyclic amines) is 1. The zero-order valence-electron chi connectivity index (χ0n) is 17.9. The Kier molecular flexibility index (Phi) is 7.36. The zero-order chi connectivity index (χ0) is 20.8. The number of ether oxygens (including phenoxy) is 1. The van der Waals surface area contributed by atoms with Crippen molar-refractivity contribution in [3.8, 4) is 5.75 Å². The van der Waals surface area contributed by atoms with Crippen molar-refractivity contribution in [3.63, 3.8) is 0 Å². The second-order valence-electron chi connectivity index (χ2n) is 8.33. The standard InChI is InChI=1S/C23H32N4O2S/c1-19-5-7-21(8-6-19)29-17-22-24-20(18-30-22)15-25-9-4-10-26(14-13-25)16-23(28)27-11-2-3-12-27/h5-8,18H,2-4,9-17H2,1H3. The van der Waals surface area contributed by atoms with Gasteiger partial charge in [-0.1, -0.05) is 17.7 Å². The first-order valence-corrected chi connectivity index (χ1v) is 11.9. The molecule has 0 radical (unpaired) electrons. The van der Waals surface area contributed by atoms with Gasteiger partial charge in [0, 0.05) is 38.1 Å². The van der Waals surface area contributed by atoms with Gasteiger partial charge in [-0.3, -0.25) is 14.6 Å². The Morgan fingerprint density at radius 2 is 1.73 bits per heavy atom. The summed E-state index contributed by atoms with van der Waals surface area (Å²) in [4.78, 5) is 24.0. The second kappa shape index (κ2) is 10.4. The van der Waals surface area contributed by atoms with Gasteiger partial charge in [-0.05, 0) is 51.4 Å². The van der Waals surface area contributed by atoms with Gasteiger partial charge in [0.15, 0.2) is 0 Å². The van der Waals surface area contributed by atoms with Crippen LogP contribution in [-0.4, -0.2) is 71.4 Å². The predicted molar refractivity (Wildman–Crippen MR) is 120 cm³/mol. The molecule has 30 heavy (non-hydrogen) atoms. The van der Waals surface area contributed by atoms with E-state index in [1.54, 1.807) is 11.3 Å². The molecule has 3 heterocycles.